The lowest BCUT2D eigenvalue weighted by Crippen LogP contribution is -2.27. The molecule has 1 amide bonds. The Hall–Kier alpha value is -2.22. The standard InChI is InChI=1S/C15H19N5O3/c21-14(13-9-3-1-4-10(9)18-19-13)16-7-6-12-17-15(23-20-12)11-5-2-8-22-11/h11H,1-8H2,(H,16,21)(H,18,19)/t11-/m0/s1. The first-order chi connectivity index (χ1) is 11.3. The fourth-order valence-corrected chi connectivity index (χ4v) is 3.15. The van der Waals surface area contributed by atoms with E-state index in [1.165, 1.54) is 0 Å². The first-order valence-electron chi connectivity index (χ1n) is 8.09. The van der Waals surface area contributed by atoms with E-state index in [1.807, 2.05) is 0 Å². The largest absolute Gasteiger partial charge is 0.368 e. The molecule has 2 aromatic heterocycles. The minimum absolute atomic E-state index is 0.0718. The molecule has 4 rings (SSSR count). The van der Waals surface area contributed by atoms with Crippen molar-refractivity contribution in [1.29, 1.82) is 0 Å². The molecule has 1 fully saturated rings. The fraction of sp³-hybridized carbons (Fsp3) is 0.600. The number of aryl methyl sites for hydroxylation is 1. The Morgan fingerprint density at radius 3 is 3.17 bits per heavy atom. The zero-order valence-electron chi connectivity index (χ0n) is 12.8. The SMILES string of the molecule is O=C(NCCc1noc([C@@H]2CCCO2)n1)c1n[nH]c2c1CCC2. The Bertz CT molecular complexity index is 702. The van der Waals surface area contributed by atoms with Crippen molar-refractivity contribution in [2.24, 2.45) is 0 Å². The van der Waals surface area contributed by atoms with E-state index in [1.54, 1.807) is 0 Å². The van der Waals surface area contributed by atoms with Crippen molar-refractivity contribution in [3.63, 3.8) is 0 Å². The van der Waals surface area contributed by atoms with Crippen LogP contribution in [0, 0.1) is 0 Å². The van der Waals surface area contributed by atoms with Crippen molar-refractivity contribution in [3.8, 4) is 0 Å². The quantitative estimate of drug-likeness (QED) is 0.855. The zero-order chi connectivity index (χ0) is 15.6. The summed E-state index contributed by atoms with van der Waals surface area (Å²) in [6, 6.07) is 0. The molecule has 8 heteroatoms. The van der Waals surface area contributed by atoms with Crippen molar-refractivity contribution < 1.29 is 14.1 Å². The maximum Gasteiger partial charge on any atom is 0.272 e. The number of nitrogens with one attached hydrogen (secondary N) is 2. The minimum atomic E-state index is -0.146. The second-order valence-corrected chi connectivity index (χ2v) is 5.94. The van der Waals surface area contributed by atoms with Crippen LogP contribution >= 0.6 is 0 Å². The monoisotopic (exact) mass is 317 g/mol. The maximum atomic E-state index is 12.2. The number of nitrogens with zero attached hydrogens (tertiary/aromatic N) is 3. The van der Waals surface area contributed by atoms with Gasteiger partial charge in [-0.05, 0) is 32.1 Å². The Labute approximate surface area is 133 Å². The third-order valence-corrected chi connectivity index (χ3v) is 4.34. The molecule has 3 heterocycles. The average Bonchev–Trinajstić information content (AvgIpc) is 3.30. The first-order valence-corrected chi connectivity index (χ1v) is 8.09. The summed E-state index contributed by atoms with van der Waals surface area (Å²) in [6.45, 7) is 1.19. The lowest BCUT2D eigenvalue weighted by Gasteiger charge is -2.02. The molecule has 1 saturated heterocycles. The highest BCUT2D eigenvalue weighted by Crippen LogP contribution is 2.27. The van der Waals surface area contributed by atoms with Crippen LogP contribution in [0.3, 0.4) is 0 Å². The van der Waals surface area contributed by atoms with Crippen LogP contribution in [0.1, 0.15) is 58.8 Å². The van der Waals surface area contributed by atoms with Gasteiger partial charge in [0.1, 0.15) is 6.10 Å². The molecule has 1 aliphatic carbocycles. The lowest BCUT2D eigenvalue weighted by atomic mass is 10.2. The normalized spacial score (nSPS) is 19.9. The number of fused-ring (bicyclic) bond motifs is 1. The summed E-state index contributed by atoms with van der Waals surface area (Å²) in [7, 11) is 0. The number of aromatic nitrogens is 4. The maximum absolute atomic E-state index is 12.2. The van der Waals surface area contributed by atoms with Crippen molar-refractivity contribution in [2.45, 2.75) is 44.6 Å². The highest BCUT2D eigenvalue weighted by Gasteiger charge is 2.24. The van der Waals surface area contributed by atoms with Gasteiger partial charge in [0.15, 0.2) is 11.5 Å². The number of ether oxygens (including phenoxy) is 1. The van der Waals surface area contributed by atoms with Crippen LogP contribution in [0.15, 0.2) is 4.52 Å². The van der Waals surface area contributed by atoms with Gasteiger partial charge in [-0.15, -0.1) is 0 Å². The van der Waals surface area contributed by atoms with Crippen molar-refractivity contribution in [1.82, 2.24) is 25.7 Å². The second-order valence-electron chi connectivity index (χ2n) is 5.94. The van der Waals surface area contributed by atoms with Gasteiger partial charge in [-0.25, -0.2) is 0 Å². The summed E-state index contributed by atoms with van der Waals surface area (Å²) >= 11 is 0. The number of hydrogen-bond donors (Lipinski definition) is 2. The molecule has 122 valence electrons. The van der Waals surface area contributed by atoms with Gasteiger partial charge in [-0.3, -0.25) is 9.89 Å². The molecule has 2 N–H and O–H groups in total. The minimum Gasteiger partial charge on any atom is -0.368 e. The molecule has 2 aromatic rings. The molecule has 0 aromatic carbocycles. The van der Waals surface area contributed by atoms with E-state index < -0.39 is 0 Å². The topological polar surface area (TPSA) is 106 Å². The predicted octanol–water partition coefficient (Wildman–Crippen LogP) is 1.11. The third kappa shape index (κ3) is 2.86. The molecule has 2 aliphatic rings. The van der Waals surface area contributed by atoms with E-state index >= 15 is 0 Å². The number of H-pyrrole nitrogens is 1. The van der Waals surface area contributed by atoms with Crippen LogP contribution < -0.4 is 5.32 Å². The van der Waals surface area contributed by atoms with Gasteiger partial charge in [0.2, 0.25) is 0 Å². The van der Waals surface area contributed by atoms with Crippen LogP contribution in [0.4, 0.5) is 0 Å². The molecular weight excluding hydrogens is 298 g/mol. The van der Waals surface area contributed by atoms with Gasteiger partial charge in [-0.1, -0.05) is 5.16 Å². The number of carbonyl (C=O) groups is 1. The average molecular weight is 317 g/mol. The Kier molecular flexibility index (Phi) is 3.82. The lowest BCUT2D eigenvalue weighted by molar-refractivity contribution is 0.0835. The molecule has 0 bridgehead atoms. The summed E-state index contributed by atoms with van der Waals surface area (Å²) < 4.78 is 10.7. The smallest absolute Gasteiger partial charge is 0.272 e. The molecule has 0 unspecified atom stereocenters. The number of hydrogen-bond acceptors (Lipinski definition) is 6. The summed E-state index contributed by atoms with van der Waals surface area (Å²) in [4.78, 5) is 16.5. The molecular formula is C15H19N5O3. The van der Waals surface area contributed by atoms with E-state index in [-0.39, 0.29) is 12.0 Å². The van der Waals surface area contributed by atoms with E-state index in [0.717, 1.165) is 50.0 Å². The van der Waals surface area contributed by atoms with Gasteiger partial charge in [0, 0.05) is 30.8 Å². The number of aromatic amines is 1. The summed E-state index contributed by atoms with van der Waals surface area (Å²) in [5.74, 6) is 0.976. The van der Waals surface area contributed by atoms with E-state index in [0.29, 0.717) is 30.4 Å². The molecule has 8 nitrogen and oxygen atoms in total. The summed E-state index contributed by atoms with van der Waals surface area (Å²) in [5.41, 5.74) is 2.67. The molecule has 23 heavy (non-hydrogen) atoms. The van der Waals surface area contributed by atoms with Crippen LogP contribution in [-0.4, -0.2) is 39.4 Å². The predicted molar refractivity (Wildman–Crippen MR) is 78.9 cm³/mol. The zero-order valence-corrected chi connectivity index (χ0v) is 12.8. The summed E-state index contributed by atoms with van der Waals surface area (Å²) in [5, 5.41) is 13.9. The molecule has 1 atom stereocenters. The molecule has 0 spiro atoms. The van der Waals surface area contributed by atoms with Crippen molar-refractivity contribution in [2.75, 3.05) is 13.2 Å². The van der Waals surface area contributed by atoms with Crippen LogP contribution in [0.5, 0.6) is 0 Å². The highest BCUT2D eigenvalue weighted by molar-refractivity contribution is 5.94. The van der Waals surface area contributed by atoms with Crippen LogP contribution in [-0.2, 0) is 24.0 Å². The van der Waals surface area contributed by atoms with E-state index in [9.17, 15) is 4.79 Å². The van der Waals surface area contributed by atoms with E-state index in [2.05, 4.69) is 25.7 Å². The Morgan fingerprint density at radius 2 is 2.30 bits per heavy atom. The van der Waals surface area contributed by atoms with Crippen molar-refractivity contribution in [3.05, 3.63) is 28.7 Å². The van der Waals surface area contributed by atoms with Crippen molar-refractivity contribution >= 4 is 5.91 Å². The van der Waals surface area contributed by atoms with Gasteiger partial charge < -0.3 is 14.6 Å². The number of carbonyl (C=O) groups excluding carboxylic acids is 1. The summed E-state index contributed by atoms with van der Waals surface area (Å²) in [6.07, 6.45) is 5.37. The molecule has 0 radical (unpaired) electrons. The van der Waals surface area contributed by atoms with Gasteiger partial charge in [0.25, 0.3) is 11.8 Å². The fourth-order valence-electron chi connectivity index (χ4n) is 3.15. The molecule has 1 aliphatic heterocycles. The first kappa shape index (κ1) is 14.4. The van der Waals surface area contributed by atoms with Crippen LogP contribution in [0.25, 0.3) is 0 Å². The third-order valence-electron chi connectivity index (χ3n) is 4.34. The number of amides is 1. The number of rotatable bonds is 5. The molecule has 0 saturated carbocycles. The van der Waals surface area contributed by atoms with Gasteiger partial charge in [0.05, 0.1) is 0 Å². The van der Waals surface area contributed by atoms with Gasteiger partial charge in [-0.2, -0.15) is 10.1 Å². The Balaban J connectivity index is 1.30. The second kappa shape index (κ2) is 6.11. The van der Waals surface area contributed by atoms with Crippen LogP contribution in [0.2, 0.25) is 0 Å². The highest BCUT2D eigenvalue weighted by atomic mass is 16.5. The van der Waals surface area contributed by atoms with E-state index in [4.69, 9.17) is 9.26 Å². The Morgan fingerprint density at radius 1 is 1.35 bits per heavy atom. The van der Waals surface area contributed by atoms with Gasteiger partial charge >= 0.3 is 0 Å².